The predicted octanol–water partition coefficient (Wildman–Crippen LogP) is 3.75. The van der Waals surface area contributed by atoms with Crippen molar-refractivity contribution in [3.8, 4) is 0 Å². The zero-order chi connectivity index (χ0) is 13.1. The molecule has 0 spiro atoms. The summed E-state index contributed by atoms with van der Waals surface area (Å²) in [6.45, 7) is 2.92. The molecule has 1 aliphatic carbocycles. The van der Waals surface area contributed by atoms with Crippen molar-refractivity contribution in [1.29, 1.82) is 0 Å². The van der Waals surface area contributed by atoms with Crippen LogP contribution in [0, 0.1) is 17.7 Å². The van der Waals surface area contributed by atoms with Gasteiger partial charge in [-0.3, -0.25) is 4.79 Å². The summed E-state index contributed by atoms with van der Waals surface area (Å²) in [7, 11) is 0. The molecule has 98 valence electrons. The first-order chi connectivity index (χ1) is 8.58. The Balaban J connectivity index is 1.93. The SMILES string of the molecule is CC1CCCC1CNC(=O)c1ccc(Br)c(F)c1. The maximum Gasteiger partial charge on any atom is 0.251 e. The first kappa shape index (κ1) is 13.5. The molecule has 0 radical (unpaired) electrons. The van der Waals surface area contributed by atoms with Crippen molar-refractivity contribution in [2.45, 2.75) is 26.2 Å². The number of rotatable bonds is 3. The van der Waals surface area contributed by atoms with Gasteiger partial charge in [0.15, 0.2) is 0 Å². The molecule has 2 unspecified atom stereocenters. The Morgan fingerprint density at radius 2 is 2.28 bits per heavy atom. The molecule has 0 bridgehead atoms. The van der Waals surface area contributed by atoms with Crippen LogP contribution in [0.15, 0.2) is 22.7 Å². The van der Waals surface area contributed by atoms with E-state index in [1.54, 1.807) is 12.1 Å². The van der Waals surface area contributed by atoms with Crippen molar-refractivity contribution in [2.75, 3.05) is 6.54 Å². The topological polar surface area (TPSA) is 29.1 Å². The lowest BCUT2D eigenvalue weighted by Crippen LogP contribution is -2.30. The van der Waals surface area contributed by atoms with Crippen LogP contribution in [0.2, 0.25) is 0 Å². The number of halogens is 2. The minimum absolute atomic E-state index is 0.194. The molecule has 2 nitrogen and oxygen atoms in total. The third-order valence-corrected chi connectivity index (χ3v) is 4.39. The van der Waals surface area contributed by atoms with E-state index in [9.17, 15) is 9.18 Å². The van der Waals surface area contributed by atoms with Crippen LogP contribution in [0.4, 0.5) is 4.39 Å². The van der Waals surface area contributed by atoms with Crippen LogP contribution in [0.25, 0.3) is 0 Å². The van der Waals surface area contributed by atoms with Gasteiger partial charge in [-0.15, -0.1) is 0 Å². The van der Waals surface area contributed by atoms with E-state index in [0.29, 0.717) is 28.4 Å². The van der Waals surface area contributed by atoms with Crippen LogP contribution >= 0.6 is 15.9 Å². The molecule has 2 atom stereocenters. The van der Waals surface area contributed by atoms with Gasteiger partial charge in [-0.1, -0.05) is 19.8 Å². The molecule has 0 aliphatic heterocycles. The fourth-order valence-electron chi connectivity index (χ4n) is 2.49. The van der Waals surface area contributed by atoms with Crippen molar-refractivity contribution in [1.82, 2.24) is 5.32 Å². The lowest BCUT2D eigenvalue weighted by molar-refractivity contribution is 0.0944. The zero-order valence-electron chi connectivity index (χ0n) is 10.4. The average Bonchev–Trinajstić information content (AvgIpc) is 2.75. The number of hydrogen-bond acceptors (Lipinski definition) is 1. The van der Waals surface area contributed by atoms with Crippen LogP contribution in [-0.2, 0) is 0 Å². The molecule has 0 heterocycles. The van der Waals surface area contributed by atoms with Crippen LogP contribution < -0.4 is 5.32 Å². The number of benzene rings is 1. The largest absolute Gasteiger partial charge is 0.352 e. The quantitative estimate of drug-likeness (QED) is 0.904. The second-order valence-corrected chi connectivity index (χ2v) is 5.86. The minimum Gasteiger partial charge on any atom is -0.352 e. The van der Waals surface area contributed by atoms with Gasteiger partial charge in [0.1, 0.15) is 5.82 Å². The van der Waals surface area contributed by atoms with Gasteiger partial charge < -0.3 is 5.32 Å². The summed E-state index contributed by atoms with van der Waals surface area (Å²) < 4.78 is 13.7. The number of carbonyl (C=O) groups excluding carboxylic acids is 1. The van der Waals surface area contributed by atoms with E-state index in [1.165, 1.54) is 25.3 Å². The molecule has 1 N–H and O–H groups in total. The molecule has 2 rings (SSSR count). The van der Waals surface area contributed by atoms with E-state index >= 15 is 0 Å². The highest BCUT2D eigenvalue weighted by atomic mass is 79.9. The summed E-state index contributed by atoms with van der Waals surface area (Å²) in [5.41, 5.74) is 0.376. The number of carbonyl (C=O) groups is 1. The first-order valence-electron chi connectivity index (χ1n) is 6.31. The number of nitrogens with one attached hydrogen (secondary N) is 1. The summed E-state index contributed by atoms with van der Waals surface area (Å²) in [6, 6.07) is 4.44. The van der Waals surface area contributed by atoms with Gasteiger partial charge in [-0.2, -0.15) is 0 Å². The van der Waals surface area contributed by atoms with E-state index in [4.69, 9.17) is 0 Å². The minimum atomic E-state index is -0.406. The average molecular weight is 314 g/mol. The molecule has 0 saturated heterocycles. The summed E-state index contributed by atoms with van der Waals surface area (Å²) >= 11 is 3.07. The molecule has 18 heavy (non-hydrogen) atoms. The molecule has 1 aromatic carbocycles. The van der Waals surface area contributed by atoms with Gasteiger partial charge >= 0.3 is 0 Å². The highest BCUT2D eigenvalue weighted by molar-refractivity contribution is 9.10. The molecule has 1 saturated carbocycles. The standard InChI is InChI=1S/C14H17BrFNO/c1-9-3-2-4-11(9)8-17-14(18)10-5-6-12(15)13(16)7-10/h5-7,9,11H,2-4,8H2,1H3,(H,17,18). The lowest BCUT2D eigenvalue weighted by Gasteiger charge is -2.15. The Kier molecular flexibility index (Phi) is 4.38. The van der Waals surface area contributed by atoms with Crippen molar-refractivity contribution < 1.29 is 9.18 Å². The van der Waals surface area contributed by atoms with Crippen LogP contribution in [0.1, 0.15) is 36.5 Å². The van der Waals surface area contributed by atoms with E-state index in [0.717, 1.165) is 0 Å². The van der Waals surface area contributed by atoms with Crippen molar-refractivity contribution in [2.24, 2.45) is 11.8 Å². The summed E-state index contributed by atoms with van der Waals surface area (Å²) in [4.78, 5) is 11.9. The van der Waals surface area contributed by atoms with E-state index in [2.05, 4.69) is 28.2 Å². The van der Waals surface area contributed by atoms with E-state index in [-0.39, 0.29) is 5.91 Å². The normalized spacial score (nSPS) is 23.1. The molecular weight excluding hydrogens is 297 g/mol. The van der Waals surface area contributed by atoms with Gasteiger partial charge in [0.05, 0.1) is 4.47 Å². The lowest BCUT2D eigenvalue weighted by atomic mass is 9.98. The van der Waals surface area contributed by atoms with Gasteiger partial charge in [-0.25, -0.2) is 4.39 Å². The molecule has 4 heteroatoms. The van der Waals surface area contributed by atoms with Crippen molar-refractivity contribution in [3.05, 3.63) is 34.1 Å². The zero-order valence-corrected chi connectivity index (χ0v) is 12.0. The molecule has 0 aromatic heterocycles. The second kappa shape index (κ2) is 5.83. The monoisotopic (exact) mass is 313 g/mol. The molecule has 1 fully saturated rings. The molecular formula is C14H17BrFNO. The predicted molar refractivity (Wildman–Crippen MR) is 72.9 cm³/mol. The Morgan fingerprint density at radius 1 is 1.50 bits per heavy atom. The Labute approximate surface area is 115 Å². The Hall–Kier alpha value is -0.900. The van der Waals surface area contributed by atoms with Crippen LogP contribution in [0.5, 0.6) is 0 Å². The number of amides is 1. The first-order valence-corrected chi connectivity index (χ1v) is 7.10. The van der Waals surface area contributed by atoms with Crippen molar-refractivity contribution in [3.63, 3.8) is 0 Å². The molecule has 1 aromatic rings. The smallest absolute Gasteiger partial charge is 0.251 e. The van der Waals surface area contributed by atoms with Crippen LogP contribution in [0.3, 0.4) is 0 Å². The Bertz CT molecular complexity index is 449. The van der Waals surface area contributed by atoms with E-state index in [1.807, 2.05) is 0 Å². The summed E-state index contributed by atoms with van der Waals surface area (Å²) in [5.74, 6) is 0.638. The van der Waals surface area contributed by atoms with Crippen LogP contribution in [-0.4, -0.2) is 12.5 Å². The fourth-order valence-corrected chi connectivity index (χ4v) is 2.74. The molecule has 1 amide bonds. The third kappa shape index (κ3) is 3.10. The van der Waals surface area contributed by atoms with Crippen molar-refractivity contribution >= 4 is 21.8 Å². The highest BCUT2D eigenvalue weighted by Crippen LogP contribution is 2.30. The fraction of sp³-hybridized carbons (Fsp3) is 0.500. The Morgan fingerprint density at radius 3 is 2.89 bits per heavy atom. The number of hydrogen-bond donors (Lipinski definition) is 1. The molecule has 1 aliphatic rings. The third-order valence-electron chi connectivity index (χ3n) is 3.75. The summed E-state index contributed by atoms with van der Waals surface area (Å²) in [5, 5.41) is 2.90. The van der Waals surface area contributed by atoms with Gasteiger partial charge in [0.2, 0.25) is 0 Å². The summed E-state index contributed by atoms with van der Waals surface area (Å²) in [6.07, 6.45) is 3.66. The van der Waals surface area contributed by atoms with Gasteiger partial charge in [0.25, 0.3) is 5.91 Å². The van der Waals surface area contributed by atoms with E-state index < -0.39 is 5.82 Å². The maximum absolute atomic E-state index is 13.3. The van der Waals surface area contributed by atoms with Gasteiger partial charge in [0, 0.05) is 12.1 Å². The highest BCUT2D eigenvalue weighted by Gasteiger charge is 2.23. The second-order valence-electron chi connectivity index (χ2n) is 5.01. The van der Waals surface area contributed by atoms with Gasteiger partial charge in [-0.05, 0) is 52.4 Å². The maximum atomic E-state index is 13.3.